The SMILES string of the molecule is CC(C)(C)OC(=O)NNC[C@@H]1CCOC1. The second-order valence-electron chi connectivity index (χ2n) is 4.74. The molecule has 1 rings (SSSR count). The lowest BCUT2D eigenvalue weighted by Crippen LogP contribution is -2.43. The fraction of sp³-hybridized carbons (Fsp3) is 0.900. The van der Waals surface area contributed by atoms with Gasteiger partial charge in [-0.05, 0) is 33.1 Å². The Balaban J connectivity index is 2.06. The van der Waals surface area contributed by atoms with Gasteiger partial charge in [-0.25, -0.2) is 10.2 Å². The molecule has 0 spiro atoms. The van der Waals surface area contributed by atoms with E-state index in [0.29, 0.717) is 5.92 Å². The quantitative estimate of drug-likeness (QED) is 0.692. The van der Waals surface area contributed by atoms with E-state index in [1.807, 2.05) is 20.8 Å². The topological polar surface area (TPSA) is 59.6 Å². The van der Waals surface area contributed by atoms with Crippen LogP contribution in [0.3, 0.4) is 0 Å². The third kappa shape index (κ3) is 5.59. The number of hydrogen-bond acceptors (Lipinski definition) is 4. The van der Waals surface area contributed by atoms with E-state index in [2.05, 4.69) is 10.9 Å². The van der Waals surface area contributed by atoms with Crippen LogP contribution in [0.2, 0.25) is 0 Å². The van der Waals surface area contributed by atoms with E-state index in [9.17, 15) is 4.79 Å². The fourth-order valence-corrected chi connectivity index (χ4v) is 1.32. The van der Waals surface area contributed by atoms with Gasteiger partial charge in [0.1, 0.15) is 5.60 Å². The van der Waals surface area contributed by atoms with Crippen molar-refractivity contribution in [1.82, 2.24) is 10.9 Å². The molecule has 0 aliphatic carbocycles. The lowest BCUT2D eigenvalue weighted by Gasteiger charge is -2.20. The maximum absolute atomic E-state index is 11.2. The summed E-state index contributed by atoms with van der Waals surface area (Å²) in [6.45, 7) is 7.80. The van der Waals surface area contributed by atoms with Crippen molar-refractivity contribution in [3.05, 3.63) is 0 Å². The Kier molecular flexibility index (Phi) is 4.35. The first-order chi connectivity index (χ1) is 6.97. The molecule has 0 radical (unpaired) electrons. The smallest absolute Gasteiger partial charge is 0.422 e. The van der Waals surface area contributed by atoms with Crippen molar-refractivity contribution >= 4 is 6.09 Å². The molecule has 0 saturated carbocycles. The van der Waals surface area contributed by atoms with Gasteiger partial charge < -0.3 is 9.47 Å². The summed E-state index contributed by atoms with van der Waals surface area (Å²) in [5.74, 6) is 0.486. The number of nitrogens with one attached hydrogen (secondary N) is 2. The molecule has 5 heteroatoms. The third-order valence-electron chi connectivity index (χ3n) is 2.00. The van der Waals surface area contributed by atoms with Gasteiger partial charge in [0, 0.05) is 13.2 Å². The van der Waals surface area contributed by atoms with E-state index in [4.69, 9.17) is 9.47 Å². The van der Waals surface area contributed by atoms with Gasteiger partial charge in [0.25, 0.3) is 0 Å². The van der Waals surface area contributed by atoms with Crippen molar-refractivity contribution in [3.63, 3.8) is 0 Å². The molecule has 0 unspecified atom stereocenters. The Labute approximate surface area is 90.5 Å². The zero-order valence-corrected chi connectivity index (χ0v) is 9.63. The van der Waals surface area contributed by atoms with Crippen LogP contribution in [0.4, 0.5) is 4.79 Å². The van der Waals surface area contributed by atoms with Crippen molar-refractivity contribution in [2.75, 3.05) is 19.8 Å². The van der Waals surface area contributed by atoms with Gasteiger partial charge in [-0.15, -0.1) is 0 Å². The van der Waals surface area contributed by atoms with Gasteiger partial charge in [0.15, 0.2) is 0 Å². The van der Waals surface area contributed by atoms with Gasteiger partial charge >= 0.3 is 6.09 Å². The number of rotatable bonds is 3. The summed E-state index contributed by atoms with van der Waals surface area (Å²) in [6, 6.07) is 0. The zero-order chi connectivity index (χ0) is 11.3. The minimum absolute atomic E-state index is 0.443. The monoisotopic (exact) mass is 216 g/mol. The highest BCUT2D eigenvalue weighted by Crippen LogP contribution is 2.10. The summed E-state index contributed by atoms with van der Waals surface area (Å²) >= 11 is 0. The molecule has 1 heterocycles. The van der Waals surface area contributed by atoms with E-state index in [1.165, 1.54) is 0 Å². The zero-order valence-electron chi connectivity index (χ0n) is 9.63. The molecule has 2 N–H and O–H groups in total. The van der Waals surface area contributed by atoms with Gasteiger partial charge in [0.2, 0.25) is 0 Å². The van der Waals surface area contributed by atoms with E-state index in [-0.39, 0.29) is 0 Å². The molecular weight excluding hydrogens is 196 g/mol. The molecule has 0 bridgehead atoms. The second kappa shape index (κ2) is 5.32. The van der Waals surface area contributed by atoms with Crippen molar-refractivity contribution in [2.45, 2.75) is 32.8 Å². The Morgan fingerprint density at radius 2 is 2.27 bits per heavy atom. The molecule has 1 aliphatic rings. The van der Waals surface area contributed by atoms with Crippen LogP contribution in [-0.4, -0.2) is 31.5 Å². The molecule has 1 amide bonds. The van der Waals surface area contributed by atoms with Crippen LogP contribution in [0.5, 0.6) is 0 Å². The van der Waals surface area contributed by atoms with E-state index in [1.54, 1.807) is 0 Å². The molecule has 1 atom stereocenters. The number of ether oxygens (including phenoxy) is 2. The van der Waals surface area contributed by atoms with Crippen molar-refractivity contribution in [1.29, 1.82) is 0 Å². The van der Waals surface area contributed by atoms with Gasteiger partial charge in [0.05, 0.1) is 6.61 Å². The molecule has 1 fully saturated rings. The largest absolute Gasteiger partial charge is 0.443 e. The molecule has 15 heavy (non-hydrogen) atoms. The van der Waals surface area contributed by atoms with Crippen LogP contribution in [0.1, 0.15) is 27.2 Å². The first-order valence-corrected chi connectivity index (χ1v) is 5.27. The molecule has 88 valence electrons. The molecule has 0 aromatic carbocycles. The highest BCUT2D eigenvalue weighted by molar-refractivity contribution is 5.66. The summed E-state index contributed by atoms with van der Waals surface area (Å²) in [4.78, 5) is 11.2. The van der Waals surface area contributed by atoms with E-state index >= 15 is 0 Å². The number of carbonyl (C=O) groups is 1. The number of hydrogen-bond donors (Lipinski definition) is 2. The van der Waals surface area contributed by atoms with Crippen LogP contribution >= 0.6 is 0 Å². The Morgan fingerprint density at radius 3 is 2.80 bits per heavy atom. The normalized spacial score (nSPS) is 21.4. The number of carbonyl (C=O) groups excluding carboxylic acids is 1. The Morgan fingerprint density at radius 1 is 1.53 bits per heavy atom. The summed E-state index contributed by atoms with van der Waals surface area (Å²) in [5, 5.41) is 0. The van der Waals surface area contributed by atoms with E-state index in [0.717, 1.165) is 26.2 Å². The fourth-order valence-electron chi connectivity index (χ4n) is 1.32. The second-order valence-corrected chi connectivity index (χ2v) is 4.74. The van der Waals surface area contributed by atoms with Crippen LogP contribution < -0.4 is 10.9 Å². The number of hydrazine groups is 1. The predicted octanol–water partition coefficient (Wildman–Crippen LogP) is 1.05. The van der Waals surface area contributed by atoms with Crippen LogP contribution in [-0.2, 0) is 9.47 Å². The highest BCUT2D eigenvalue weighted by atomic mass is 16.6. The summed E-state index contributed by atoms with van der Waals surface area (Å²) in [6.07, 6.45) is 0.602. The molecule has 0 aromatic heterocycles. The summed E-state index contributed by atoms with van der Waals surface area (Å²) in [5.41, 5.74) is 4.89. The highest BCUT2D eigenvalue weighted by Gasteiger charge is 2.17. The van der Waals surface area contributed by atoms with Crippen LogP contribution in [0.15, 0.2) is 0 Å². The Bertz CT molecular complexity index is 207. The average molecular weight is 216 g/mol. The van der Waals surface area contributed by atoms with Crippen molar-refractivity contribution in [2.24, 2.45) is 5.92 Å². The van der Waals surface area contributed by atoms with Crippen molar-refractivity contribution < 1.29 is 14.3 Å². The lowest BCUT2D eigenvalue weighted by molar-refractivity contribution is 0.0494. The molecule has 5 nitrogen and oxygen atoms in total. The standard InChI is InChI=1S/C10H20N2O3/c1-10(2,3)15-9(13)12-11-6-8-4-5-14-7-8/h8,11H,4-7H2,1-3H3,(H,12,13)/t8-/m0/s1. The average Bonchev–Trinajstić information content (AvgIpc) is 2.53. The van der Waals surface area contributed by atoms with E-state index < -0.39 is 11.7 Å². The molecule has 1 saturated heterocycles. The Hall–Kier alpha value is -0.810. The van der Waals surface area contributed by atoms with Crippen LogP contribution in [0, 0.1) is 5.92 Å². The first kappa shape index (κ1) is 12.3. The van der Waals surface area contributed by atoms with Gasteiger partial charge in [-0.1, -0.05) is 0 Å². The molecule has 0 aromatic rings. The molecular formula is C10H20N2O3. The first-order valence-electron chi connectivity index (χ1n) is 5.27. The predicted molar refractivity (Wildman–Crippen MR) is 56.3 cm³/mol. The molecule has 1 aliphatic heterocycles. The minimum Gasteiger partial charge on any atom is -0.443 e. The third-order valence-corrected chi connectivity index (χ3v) is 2.00. The van der Waals surface area contributed by atoms with Crippen LogP contribution in [0.25, 0.3) is 0 Å². The van der Waals surface area contributed by atoms with Gasteiger partial charge in [-0.2, -0.15) is 0 Å². The summed E-state index contributed by atoms with van der Waals surface area (Å²) < 4.78 is 10.3. The lowest BCUT2D eigenvalue weighted by atomic mass is 10.1. The van der Waals surface area contributed by atoms with Gasteiger partial charge in [-0.3, -0.25) is 5.43 Å². The number of amides is 1. The minimum atomic E-state index is -0.456. The summed E-state index contributed by atoms with van der Waals surface area (Å²) in [7, 11) is 0. The maximum atomic E-state index is 11.2. The van der Waals surface area contributed by atoms with Crippen molar-refractivity contribution in [3.8, 4) is 0 Å². The maximum Gasteiger partial charge on any atom is 0.422 e.